The average molecular weight is 582 g/mol. The minimum absolute atomic E-state index is 0.0200. The molecule has 230 valence electrons. The number of dihydropyridines is 1. The zero-order valence-corrected chi connectivity index (χ0v) is 24.9. The number of methoxy groups -OCH3 is 1. The van der Waals surface area contributed by atoms with Crippen molar-refractivity contribution < 1.29 is 29.6 Å². The van der Waals surface area contributed by atoms with E-state index in [0.717, 1.165) is 36.1 Å². The number of Topliss-reactive ketones (excluding diaryl/α,β-unsaturated/α-hetero) is 2. The Hall–Kier alpha value is -3.56. The van der Waals surface area contributed by atoms with Crippen molar-refractivity contribution in [3.05, 3.63) is 70.8 Å². The SMILES string of the molecule is CCCC(CO)CCCC(=O)CC(=O)CCc1cc(OC)c(O)c(C(C2=CCNC(N)=C2)C(CO)Cc2ccc[nH]2)c1. The lowest BCUT2D eigenvalue weighted by molar-refractivity contribution is -0.127. The molecule has 7 N–H and O–H groups in total. The summed E-state index contributed by atoms with van der Waals surface area (Å²) >= 11 is 0. The number of hydrogen-bond acceptors (Lipinski definition) is 8. The minimum Gasteiger partial charge on any atom is -0.504 e. The fourth-order valence-electron chi connectivity index (χ4n) is 5.79. The molecule has 9 heteroatoms. The van der Waals surface area contributed by atoms with E-state index >= 15 is 0 Å². The number of aromatic hydroxyl groups is 1. The number of allylic oxidation sites excluding steroid dienone is 2. The van der Waals surface area contributed by atoms with E-state index in [9.17, 15) is 24.9 Å². The van der Waals surface area contributed by atoms with Crippen molar-refractivity contribution in [1.29, 1.82) is 0 Å². The van der Waals surface area contributed by atoms with E-state index in [-0.39, 0.29) is 61.0 Å². The maximum absolute atomic E-state index is 12.7. The third-order valence-electron chi connectivity index (χ3n) is 8.00. The molecule has 0 bridgehead atoms. The van der Waals surface area contributed by atoms with Crippen molar-refractivity contribution >= 4 is 11.6 Å². The number of hydrogen-bond donors (Lipinski definition) is 6. The summed E-state index contributed by atoms with van der Waals surface area (Å²) in [5.41, 5.74) is 9.31. The van der Waals surface area contributed by atoms with Crippen LogP contribution in [0.3, 0.4) is 0 Å². The number of ketones is 2. The van der Waals surface area contributed by atoms with Crippen LogP contribution in [-0.2, 0) is 22.4 Å². The lowest BCUT2D eigenvalue weighted by atomic mass is 9.76. The second-order valence-electron chi connectivity index (χ2n) is 11.2. The first-order chi connectivity index (χ1) is 20.3. The van der Waals surface area contributed by atoms with Crippen LogP contribution in [0, 0.1) is 11.8 Å². The highest BCUT2D eigenvalue weighted by molar-refractivity contribution is 5.99. The number of aromatic amines is 1. The lowest BCUT2D eigenvalue weighted by Crippen LogP contribution is -2.28. The monoisotopic (exact) mass is 581 g/mol. The molecule has 1 aromatic heterocycles. The topological polar surface area (TPSA) is 158 Å². The van der Waals surface area contributed by atoms with Gasteiger partial charge in [0.05, 0.1) is 19.4 Å². The molecular formula is C33H47N3O6. The molecule has 1 aromatic carbocycles. The fraction of sp³-hybridized carbons (Fsp3) is 0.515. The normalized spacial score (nSPS) is 15.2. The number of aryl methyl sites for hydroxylation is 1. The summed E-state index contributed by atoms with van der Waals surface area (Å²) in [4.78, 5) is 28.4. The molecule has 0 fully saturated rings. The van der Waals surface area contributed by atoms with Crippen LogP contribution < -0.4 is 15.8 Å². The number of H-pyrrole nitrogens is 1. The molecule has 0 spiro atoms. The van der Waals surface area contributed by atoms with Crippen molar-refractivity contribution in [3.8, 4) is 11.5 Å². The van der Waals surface area contributed by atoms with Crippen molar-refractivity contribution in [2.75, 3.05) is 26.9 Å². The summed E-state index contributed by atoms with van der Waals surface area (Å²) in [5, 5.41) is 34.3. The molecule has 0 saturated heterocycles. The highest BCUT2D eigenvalue weighted by Gasteiger charge is 2.31. The summed E-state index contributed by atoms with van der Waals surface area (Å²) in [6.45, 7) is 2.59. The molecule has 0 amide bonds. The van der Waals surface area contributed by atoms with Gasteiger partial charge in [-0.15, -0.1) is 0 Å². The molecule has 9 nitrogen and oxygen atoms in total. The van der Waals surface area contributed by atoms with Gasteiger partial charge >= 0.3 is 0 Å². The van der Waals surface area contributed by atoms with Crippen LogP contribution in [0.1, 0.15) is 74.6 Å². The Morgan fingerprint density at radius 3 is 2.55 bits per heavy atom. The van der Waals surface area contributed by atoms with Gasteiger partial charge in [-0.2, -0.15) is 0 Å². The molecule has 1 aliphatic rings. The number of ether oxygens (including phenoxy) is 1. The van der Waals surface area contributed by atoms with E-state index in [1.165, 1.54) is 7.11 Å². The van der Waals surface area contributed by atoms with Crippen LogP contribution in [0.15, 0.2) is 54.0 Å². The fourth-order valence-corrected chi connectivity index (χ4v) is 5.79. The third-order valence-corrected chi connectivity index (χ3v) is 8.00. The Labute approximate surface area is 248 Å². The second-order valence-corrected chi connectivity index (χ2v) is 11.2. The number of rotatable bonds is 19. The molecule has 0 saturated carbocycles. The first kappa shape index (κ1) is 32.9. The maximum atomic E-state index is 12.7. The first-order valence-corrected chi connectivity index (χ1v) is 15.0. The number of aliphatic hydroxyl groups excluding tert-OH is 2. The predicted octanol–water partition coefficient (Wildman–Crippen LogP) is 4.03. The summed E-state index contributed by atoms with van der Waals surface area (Å²) in [5.74, 6) is 0.0816. The van der Waals surface area contributed by atoms with E-state index < -0.39 is 5.92 Å². The van der Waals surface area contributed by atoms with Crippen LogP contribution in [0.4, 0.5) is 0 Å². The summed E-state index contributed by atoms with van der Waals surface area (Å²) in [6.07, 6.45) is 10.4. The standard InChI is InChI=1S/C33H47N3O6/c1-3-6-22(20-37)7-4-9-27(39)19-28(40)11-10-23-15-29(33(41)30(16-23)42-2)32(24-12-14-36-31(34)18-24)25(21-38)17-26-8-5-13-35-26/h5,8,12-13,15-16,18,22,25,32,35-38,41H,3-4,6-7,9-11,14,17,19-21,34H2,1-2H3. The van der Waals surface area contributed by atoms with E-state index in [1.54, 1.807) is 6.07 Å². The molecule has 3 unspecified atom stereocenters. The van der Waals surface area contributed by atoms with Crippen LogP contribution in [0.25, 0.3) is 0 Å². The predicted molar refractivity (Wildman–Crippen MR) is 163 cm³/mol. The molecule has 0 radical (unpaired) electrons. The average Bonchev–Trinajstić information content (AvgIpc) is 3.49. The van der Waals surface area contributed by atoms with Crippen molar-refractivity contribution in [1.82, 2.24) is 10.3 Å². The number of aromatic nitrogens is 1. The number of phenols is 1. The molecule has 2 heterocycles. The number of aliphatic hydroxyl groups is 2. The van der Waals surface area contributed by atoms with Crippen LogP contribution in [0.2, 0.25) is 0 Å². The highest BCUT2D eigenvalue weighted by atomic mass is 16.5. The molecule has 0 aliphatic carbocycles. The Kier molecular flexibility index (Phi) is 13.2. The van der Waals surface area contributed by atoms with E-state index in [0.29, 0.717) is 43.6 Å². The molecule has 2 aromatic rings. The molecular weight excluding hydrogens is 534 g/mol. The van der Waals surface area contributed by atoms with E-state index in [2.05, 4.69) is 17.2 Å². The van der Waals surface area contributed by atoms with Crippen LogP contribution in [-0.4, -0.2) is 58.7 Å². The molecule has 1 aliphatic heterocycles. The van der Waals surface area contributed by atoms with Crippen LogP contribution >= 0.6 is 0 Å². The first-order valence-electron chi connectivity index (χ1n) is 15.0. The van der Waals surface area contributed by atoms with Crippen molar-refractivity contribution in [3.63, 3.8) is 0 Å². The van der Waals surface area contributed by atoms with Gasteiger partial charge in [-0.05, 0) is 79.4 Å². The Morgan fingerprint density at radius 1 is 1.12 bits per heavy atom. The minimum atomic E-state index is -0.402. The second kappa shape index (κ2) is 16.8. The number of phenolic OH excluding ortho intramolecular Hbond substituents is 1. The van der Waals surface area contributed by atoms with Gasteiger partial charge in [0.1, 0.15) is 11.6 Å². The lowest BCUT2D eigenvalue weighted by Gasteiger charge is -2.30. The Balaban J connectivity index is 1.77. The summed E-state index contributed by atoms with van der Waals surface area (Å²) in [7, 11) is 1.48. The zero-order chi connectivity index (χ0) is 30.5. The van der Waals surface area contributed by atoms with Crippen molar-refractivity contribution in [2.45, 2.75) is 70.6 Å². The van der Waals surface area contributed by atoms with Gasteiger partial charge in [-0.3, -0.25) is 9.59 Å². The Bertz CT molecular complexity index is 1220. The van der Waals surface area contributed by atoms with Gasteiger partial charge in [0.25, 0.3) is 0 Å². The zero-order valence-electron chi connectivity index (χ0n) is 24.9. The summed E-state index contributed by atoms with van der Waals surface area (Å²) in [6, 6.07) is 7.45. The quantitative estimate of drug-likeness (QED) is 0.136. The van der Waals surface area contributed by atoms with Gasteiger partial charge in [0, 0.05) is 56.0 Å². The van der Waals surface area contributed by atoms with Gasteiger partial charge < -0.3 is 36.1 Å². The number of nitrogens with one attached hydrogen (secondary N) is 2. The smallest absolute Gasteiger partial charge is 0.161 e. The number of benzene rings is 1. The van der Waals surface area contributed by atoms with Gasteiger partial charge in [0.15, 0.2) is 11.5 Å². The van der Waals surface area contributed by atoms with Crippen molar-refractivity contribution in [2.24, 2.45) is 17.6 Å². The highest BCUT2D eigenvalue weighted by Crippen LogP contribution is 2.44. The van der Waals surface area contributed by atoms with Gasteiger partial charge in [-0.1, -0.05) is 25.5 Å². The van der Waals surface area contributed by atoms with E-state index in [4.69, 9.17) is 10.5 Å². The molecule has 3 rings (SSSR count). The number of nitrogens with two attached hydrogens (primary N) is 1. The third kappa shape index (κ3) is 9.49. The van der Waals surface area contributed by atoms with E-state index in [1.807, 2.05) is 36.5 Å². The van der Waals surface area contributed by atoms with Gasteiger partial charge in [-0.25, -0.2) is 0 Å². The summed E-state index contributed by atoms with van der Waals surface area (Å²) < 4.78 is 5.52. The molecule has 3 atom stereocenters. The maximum Gasteiger partial charge on any atom is 0.161 e. The Morgan fingerprint density at radius 2 is 1.90 bits per heavy atom. The molecule has 42 heavy (non-hydrogen) atoms. The van der Waals surface area contributed by atoms with Gasteiger partial charge in [0.2, 0.25) is 0 Å². The largest absolute Gasteiger partial charge is 0.504 e. The number of carbonyl (C=O) groups excluding carboxylic acids is 2. The number of carbonyl (C=O) groups is 2. The van der Waals surface area contributed by atoms with Crippen LogP contribution in [0.5, 0.6) is 11.5 Å².